The Hall–Kier alpha value is -1.22. The Morgan fingerprint density at radius 1 is 1.44 bits per heavy atom. The summed E-state index contributed by atoms with van der Waals surface area (Å²) in [7, 11) is 0. The minimum Gasteiger partial charge on any atom is -0.299 e. The van der Waals surface area contributed by atoms with E-state index in [9.17, 15) is 4.79 Å². The predicted molar refractivity (Wildman–Crippen MR) is 65.7 cm³/mol. The van der Waals surface area contributed by atoms with Crippen molar-refractivity contribution in [2.45, 2.75) is 26.2 Å². The third kappa shape index (κ3) is 1.65. The van der Waals surface area contributed by atoms with Crippen molar-refractivity contribution in [2.75, 3.05) is 0 Å². The van der Waals surface area contributed by atoms with Crippen molar-refractivity contribution in [2.24, 2.45) is 5.41 Å². The van der Waals surface area contributed by atoms with E-state index in [1.807, 2.05) is 18.2 Å². The van der Waals surface area contributed by atoms with Crippen molar-refractivity contribution >= 4 is 27.3 Å². The number of hydrogen-bond acceptors (Lipinski definition) is 3. The highest BCUT2D eigenvalue weighted by molar-refractivity contribution is 7.18. The molecule has 2 nitrogen and oxygen atoms in total. The van der Waals surface area contributed by atoms with Crippen LogP contribution in [0.3, 0.4) is 0 Å². The van der Waals surface area contributed by atoms with Gasteiger partial charge in [-0.15, -0.1) is 11.3 Å². The van der Waals surface area contributed by atoms with Crippen LogP contribution in [0.4, 0.5) is 0 Å². The summed E-state index contributed by atoms with van der Waals surface area (Å²) in [4.78, 5) is 16.4. The Morgan fingerprint density at radius 3 is 2.88 bits per heavy atom. The zero-order chi connectivity index (χ0) is 11.2. The smallest absolute Gasteiger partial charge is 0.145 e. The molecule has 0 atom stereocenters. The van der Waals surface area contributed by atoms with Crippen LogP contribution in [0.5, 0.6) is 0 Å². The van der Waals surface area contributed by atoms with E-state index in [2.05, 4.69) is 18.0 Å². The second-order valence-electron chi connectivity index (χ2n) is 4.74. The second kappa shape index (κ2) is 3.39. The van der Waals surface area contributed by atoms with E-state index >= 15 is 0 Å². The van der Waals surface area contributed by atoms with Crippen molar-refractivity contribution in [3.63, 3.8) is 0 Å². The number of carbonyl (C=O) groups is 1. The molecule has 1 fully saturated rings. The van der Waals surface area contributed by atoms with Gasteiger partial charge in [0.2, 0.25) is 0 Å². The first kappa shape index (κ1) is 9.97. The summed E-state index contributed by atoms with van der Waals surface area (Å²) in [5, 5.41) is 0.958. The molecule has 0 aliphatic heterocycles. The Morgan fingerprint density at radius 2 is 2.19 bits per heavy atom. The molecule has 0 saturated heterocycles. The number of benzene rings is 1. The van der Waals surface area contributed by atoms with Crippen LogP contribution in [-0.4, -0.2) is 10.8 Å². The lowest BCUT2D eigenvalue weighted by Crippen LogP contribution is -2.14. The zero-order valence-corrected chi connectivity index (χ0v) is 10.0. The van der Waals surface area contributed by atoms with Crippen molar-refractivity contribution in [1.82, 2.24) is 4.98 Å². The molecular weight excluding hydrogens is 218 g/mol. The van der Waals surface area contributed by atoms with E-state index in [0.717, 1.165) is 23.4 Å². The zero-order valence-electron chi connectivity index (χ0n) is 9.19. The number of ketones is 1. The highest BCUT2D eigenvalue weighted by Gasteiger charge is 2.44. The molecule has 3 rings (SSSR count). The molecule has 1 aliphatic carbocycles. The van der Waals surface area contributed by atoms with Gasteiger partial charge in [-0.3, -0.25) is 4.79 Å². The fourth-order valence-corrected chi connectivity index (χ4v) is 2.78. The van der Waals surface area contributed by atoms with E-state index < -0.39 is 0 Å². The van der Waals surface area contributed by atoms with Crippen LogP contribution in [0.2, 0.25) is 0 Å². The van der Waals surface area contributed by atoms with Gasteiger partial charge >= 0.3 is 0 Å². The monoisotopic (exact) mass is 231 g/mol. The van der Waals surface area contributed by atoms with Crippen molar-refractivity contribution < 1.29 is 4.79 Å². The summed E-state index contributed by atoms with van der Waals surface area (Å²) in [6, 6.07) is 8.04. The maximum absolute atomic E-state index is 11.9. The van der Waals surface area contributed by atoms with Crippen LogP contribution in [-0.2, 0) is 11.2 Å². The summed E-state index contributed by atoms with van der Waals surface area (Å²) < 4.78 is 1.17. The van der Waals surface area contributed by atoms with E-state index in [-0.39, 0.29) is 5.41 Å². The summed E-state index contributed by atoms with van der Waals surface area (Å²) in [6.07, 6.45) is 2.61. The lowest BCUT2D eigenvalue weighted by atomic mass is 10.0. The highest BCUT2D eigenvalue weighted by Crippen LogP contribution is 2.46. The van der Waals surface area contributed by atoms with Crippen molar-refractivity contribution in [1.29, 1.82) is 0 Å². The van der Waals surface area contributed by atoms with Gasteiger partial charge in [0.15, 0.2) is 0 Å². The number of fused-ring (bicyclic) bond motifs is 1. The van der Waals surface area contributed by atoms with Crippen LogP contribution in [0, 0.1) is 5.41 Å². The van der Waals surface area contributed by atoms with Gasteiger partial charge in [-0.25, -0.2) is 4.98 Å². The second-order valence-corrected chi connectivity index (χ2v) is 5.85. The number of nitrogens with zero attached hydrogens (tertiary/aromatic N) is 1. The number of hydrogen-bond donors (Lipinski definition) is 0. The molecule has 1 aromatic carbocycles. The van der Waals surface area contributed by atoms with Gasteiger partial charge in [-0.05, 0) is 25.0 Å². The molecule has 3 heteroatoms. The van der Waals surface area contributed by atoms with Crippen LogP contribution in [0.1, 0.15) is 24.8 Å². The summed E-state index contributed by atoms with van der Waals surface area (Å²) in [6.45, 7) is 2.06. The fraction of sp³-hybridized carbons (Fsp3) is 0.385. The molecule has 1 aliphatic rings. The van der Waals surface area contributed by atoms with Gasteiger partial charge in [0, 0.05) is 5.41 Å². The van der Waals surface area contributed by atoms with Gasteiger partial charge in [0.25, 0.3) is 0 Å². The molecule has 0 amide bonds. The Bertz CT molecular complexity index is 521. The van der Waals surface area contributed by atoms with Gasteiger partial charge in [-0.1, -0.05) is 19.1 Å². The molecule has 82 valence electrons. The molecule has 0 N–H and O–H groups in total. The molecule has 1 saturated carbocycles. The van der Waals surface area contributed by atoms with Crippen molar-refractivity contribution in [3.8, 4) is 0 Å². The standard InChI is InChI=1S/C13H13NOS/c1-13(6-7-13)11(15)8-12-14-9-4-2-3-5-10(9)16-12/h2-5H,6-8H2,1H3. The lowest BCUT2D eigenvalue weighted by molar-refractivity contribution is -0.122. The number of carbonyl (C=O) groups excluding carboxylic acids is 1. The maximum Gasteiger partial charge on any atom is 0.145 e. The third-order valence-corrected chi connectivity index (χ3v) is 4.36. The number of para-hydroxylation sites is 1. The van der Waals surface area contributed by atoms with Crippen LogP contribution < -0.4 is 0 Å². The van der Waals surface area contributed by atoms with E-state index in [1.54, 1.807) is 11.3 Å². The Labute approximate surface area is 98.3 Å². The number of aromatic nitrogens is 1. The SMILES string of the molecule is CC1(C(=O)Cc2nc3ccccc3s2)CC1. The largest absolute Gasteiger partial charge is 0.299 e. The molecule has 2 aromatic rings. The average Bonchev–Trinajstić information content (AvgIpc) is 2.90. The van der Waals surface area contributed by atoms with E-state index in [1.165, 1.54) is 4.70 Å². The van der Waals surface area contributed by atoms with E-state index in [0.29, 0.717) is 12.2 Å². The van der Waals surface area contributed by atoms with E-state index in [4.69, 9.17) is 0 Å². The topological polar surface area (TPSA) is 30.0 Å². The average molecular weight is 231 g/mol. The highest BCUT2D eigenvalue weighted by atomic mass is 32.1. The quantitative estimate of drug-likeness (QED) is 0.812. The van der Waals surface area contributed by atoms with Gasteiger partial charge in [-0.2, -0.15) is 0 Å². The molecule has 16 heavy (non-hydrogen) atoms. The molecular formula is C13H13NOS. The first-order valence-electron chi connectivity index (χ1n) is 5.55. The van der Waals surface area contributed by atoms with Crippen LogP contribution in [0.15, 0.2) is 24.3 Å². The Kier molecular flexibility index (Phi) is 2.11. The lowest BCUT2D eigenvalue weighted by Gasteiger charge is -2.03. The molecule has 0 spiro atoms. The van der Waals surface area contributed by atoms with Crippen LogP contribution >= 0.6 is 11.3 Å². The first-order valence-corrected chi connectivity index (χ1v) is 6.37. The molecule has 1 aromatic heterocycles. The number of rotatable bonds is 3. The maximum atomic E-state index is 11.9. The van der Waals surface area contributed by atoms with Gasteiger partial charge in [0.1, 0.15) is 10.8 Å². The third-order valence-electron chi connectivity index (χ3n) is 3.32. The normalized spacial score (nSPS) is 17.6. The molecule has 1 heterocycles. The number of Topliss-reactive ketones (excluding diaryl/α,β-unsaturated/α-hetero) is 1. The van der Waals surface area contributed by atoms with Crippen LogP contribution in [0.25, 0.3) is 10.2 Å². The summed E-state index contributed by atoms with van der Waals surface area (Å²) in [5.74, 6) is 0.353. The molecule has 0 radical (unpaired) electrons. The predicted octanol–water partition coefficient (Wildman–Crippen LogP) is 3.21. The minimum atomic E-state index is -0.0299. The minimum absolute atomic E-state index is 0.0299. The fourth-order valence-electron chi connectivity index (χ4n) is 1.81. The summed E-state index contributed by atoms with van der Waals surface area (Å²) >= 11 is 1.64. The van der Waals surface area contributed by atoms with Crippen molar-refractivity contribution in [3.05, 3.63) is 29.3 Å². The molecule has 0 unspecified atom stereocenters. The molecule has 0 bridgehead atoms. The summed E-state index contributed by atoms with van der Waals surface area (Å²) in [5.41, 5.74) is 0.981. The van der Waals surface area contributed by atoms with Gasteiger partial charge < -0.3 is 0 Å². The first-order chi connectivity index (χ1) is 7.67. The van der Waals surface area contributed by atoms with Gasteiger partial charge in [0.05, 0.1) is 16.6 Å². The Balaban J connectivity index is 1.87. The number of thiazole rings is 1.